The van der Waals surface area contributed by atoms with E-state index in [0.717, 1.165) is 5.30 Å². The molecule has 1 aromatic carbocycles. The fraction of sp³-hybridized carbons (Fsp3) is 0.182. The number of carbonyl (C=O) groups is 1. The minimum atomic E-state index is -2.59. The van der Waals surface area contributed by atoms with Crippen LogP contribution in [-0.4, -0.2) is 19.7 Å². The van der Waals surface area contributed by atoms with Crippen LogP contribution in [0.1, 0.15) is 0 Å². The largest absolute Gasteiger partial charge is 0.466 e. The molecule has 0 saturated carbocycles. The quantitative estimate of drug-likeness (QED) is 0.448. The molecular weight excluding hydrogens is 211 g/mol. The second-order valence-electron chi connectivity index (χ2n) is 3.16. The lowest BCUT2D eigenvalue weighted by atomic mass is 10.4. The van der Waals surface area contributed by atoms with Crippen molar-refractivity contribution in [3.05, 3.63) is 42.2 Å². The Bertz CT molecular complexity index is 409. The van der Waals surface area contributed by atoms with Crippen LogP contribution in [0.4, 0.5) is 0 Å². The van der Waals surface area contributed by atoms with Crippen molar-refractivity contribution in [2.45, 2.75) is 0 Å². The first kappa shape index (κ1) is 11.7. The molecule has 4 heteroatoms. The molecule has 1 atom stereocenters. The van der Waals surface area contributed by atoms with E-state index in [1.807, 2.05) is 18.2 Å². The van der Waals surface area contributed by atoms with Gasteiger partial charge >= 0.3 is 5.97 Å². The first-order valence-electron chi connectivity index (χ1n) is 4.46. The fourth-order valence-electron chi connectivity index (χ4n) is 1.08. The van der Waals surface area contributed by atoms with Crippen molar-refractivity contribution in [1.82, 2.24) is 0 Å². The summed E-state index contributed by atoms with van der Waals surface area (Å²) in [5.74, 6) is 0.918. The van der Waals surface area contributed by atoms with Crippen molar-refractivity contribution in [3.63, 3.8) is 0 Å². The molecule has 0 spiro atoms. The summed E-state index contributed by atoms with van der Waals surface area (Å²) in [4.78, 5) is 10.9. The molecule has 0 saturated heterocycles. The van der Waals surface area contributed by atoms with Gasteiger partial charge in [0.1, 0.15) is 7.14 Å². The molecule has 15 heavy (non-hydrogen) atoms. The van der Waals surface area contributed by atoms with E-state index in [2.05, 4.69) is 4.74 Å². The molecule has 0 radical (unpaired) electrons. The van der Waals surface area contributed by atoms with Crippen molar-refractivity contribution < 1.29 is 14.1 Å². The van der Waals surface area contributed by atoms with Crippen molar-refractivity contribution in [3.8, 4) is 0 Å². The third kappa shape index (κ3) is 3.37. The standard InChI is InChI=1S/C11H13O3P/c1-14-11(12)8-9-15(2,13)10-6-4-3-5-7-10/h3-9H,1-2H3/b9-8+/t15-/m0/s1. The Hall–Kier alpha value is -1.34. The van der Waals surface area contributed by atoms with Gasteiger partial charge in [0.25, 0.3) is 0 Å². The Morgan fingerprint density at radius 1 is 1.33 bits per heavy atom. The fourth-order valence-corrected chi connectivity index (χ4v) is 2.42. The van der Waals surface area contributed by atoms with Gasteiger partial charge in [-0.05, 0) is 12.5 Å². The van der Waals surface area contributed by atoms with E-state index in [9.17, 15) is 9.36 Å². The highest BCUT2D eigenvalue weighted by Gasteiger charge is 2.13. The van der Waals surface area contributed by atoms with Gasteiger partial charge in [0.05, 0.1) is 7.11 Å². The highest BCUT2D eigenvalue weighted by Crippen LogP contribution is 2.41. The molecule has 0 aromatic heterocycles. The molecule has 1 rings (SSSR count). The average Bonchev–Trinajstić information content (AvgIpc) is 2.27. The minimum Gasteiger partial charge on any atom is -0.466 e. The topological polar surface area (TPSA) is 43.4 Å². The number of methoxy groups -OCH3 is 1. The molecule has 1 aromatic rings. The highest BCUT2D eigenvalue weighted by molar-refractivity contribution is 7.73. The normalized spacial score (nSPS) is 14.8. The third-order valence-corrected chi connectivity index (χ3v) is 4.01. The molecule has 3 nitrogen and oxygen atoms in total. The molecule has 0 aliphatic carbocycles. The number of hydrogen-bond acceptors (Lipinski definition) is 3. The maximum Gasteiger partial charge on any atom is 0.330 e. The average molecular weight is 224 g/mol. The molecule has 0 unspecified atom stereocenters. The second-order valence-corrected chi connectivity index (χ2v) is 5.96. The first-order valence-corrected chi connectivity index (χ1v) is 6.68. The SMILES string of the molecule is COC(=O)/C=C/[P@](C)(=O)c1ccccc1. The molecule has 0 bridgehead atoms. The molecule has 0 aliphatic heterocycles. The smallest absolute Gasteiger partial charge is 0.330 e. The third-order valence-electron chi connectivity index (χ3n) is 1.97. The number of rotatable bonds is 3. The van der Waals surface area contributed by atoms with Gasteiger partial charge in [-0.25, -0.2) is 4.79 Å². The maximum absolute atomic E-state index is 12.1. The molecule has 0 amide bonds. The van der Waals surface area contributed by atoms with Crippen molar-refractivity contribution >= 4 is 18.4 Å². The molecular formula is C11H13O3P. The Morgan fingerprint density at radius 2 is 1.93 bits per heavy atom. The summed E-state index contributed by atoms with van der Waals surface area (Å²) in [6, 6.07) is 9.05. The van der Waals surface area contributed by atoms with Crippen molar-refractivity contribution in [2.75, 3.05) is 13.8 Å². The van der Waals surface area contributed by atoms with Gasteiger partial charge in [0.2, 0.25) is 0 Å². The number of ether oxygens (including phenoxy) is 1. The van der Waals surface area contributed by atoms with Crippen LogP contribution in [0.5, 0.6) is 0 Å². The van der Waals surface area contributed by atoms with Crippen LogP contribution in [0.15, 0.2) is 42.2 Å². The molecule has 0 heterocycles. The summed E-state index contributed by atoms with van der Waals surface area (Å²) in [6.45, 7) is 1.61. The van der Waals surface area contributed by atoms with E-state index >= 15 is 0 Å². The van der Waals surface area contributed by atoms with E-state index in [4.69, 9.17) is 0 Å². The Morgan fingerprint density at radius 3 is 2.47 bits per heavy atom. The van der Waals surface area contributed by atoms with Crippen molar-refractivity contribution in [2.24, 2.45) is 0 Å². The Labute approximate surface area is 89.1 Å². The molecule has 80 valence electrons. The van der Waals surface area contributed by atoms with Gasteiger partial charge in [-0.2, -0.15) is 0 Å². The van der Waals surface area contributed by atoms with Crippen LogP contribution in [-0.2, 0) is 14.1 Å². The first-order chi connectivity index (χ1) is 7.06. The van der Waals surface area contributed by atoms with Gasteiger partial charge < -0.3 is 9.30 Å². The van der Waals surface area contributed by atoms with Crippen LogP contribution in [0.3, 0.4) is 0 Å². The Kier molecular flexibility index (Phi) is 3.87. The molecule has 0 N–H and O–H groups in total. The summed E-state index contributed by atoms with van der Waals surface area (Å²) >= 11 is 0. The van der Waals surface area contributed by atoms with Crippen LogP contribution in [0.2, 0.25) is 0 Å². The monoisotopic (exact) mass is 224 g/mol. The van der Waals surface area contributed by atoms with Crippen molar-refractivity contribution in [1.29, 1.82) is 0 Å². The number of hydrogen-bond donors (Lipinski definition) is 0. The van der Waals surface area contributed by atoms with Crippen LogP contribution < -0.4 is 5.30 Å². The van der Waals surface area contributed by atoms with Gasteiger partial charge in [-0.15, -0.1) is 0 Å². The van der Waals surface area contributed by atoms with E-state index < -0.39 is 13.1 Å². The van der Waals surface area contributed by atoms with Crippen LogP contribution in [0.25, 0.3) is 0 Å². The minimum absolute atomic E-state index is 0.493. The van der Waals surface area contributed by atoms with E-state index in [1.54, 1.807) is 18.8 Å². The lowest BCUT2D eigenvalue weighted by molar-refractivity contribution is -0.134. The number of esters is 1. The lowest BCUT2D eigenvalue weighted by Crippen LogP contribution is -2.01. The lowest BCUT2D eigenvalue weighted by Gasteiger charge is -2.07. The summed E-state index contributed by atoms with van der Waals surface area (Å²) < 4.78 is 16.6. The predicted molar refractivity (Wildman–Crippen MR) is 60.8 cm³/mol. The summed E-state index contributed by atoms with van der Waals surface area (Å²) in [6.07, 6.45) is 1.20. The van der Waals surface area contributed by atoms with Gasteiger partial charge in [-0.1, -0.05) is 30.3 Å². The second kappa shape index (κ2) is 4.94. The predicted octanol–water partition coefficient (Wildman–Crippen LogP) is 1.99. The van der Waals surface area contributed by atoms with Gasteiger partial charge in [-0.3, -0.25) is 0 Å². The highest BCUT2D eigenvalue weighted by atomic mass is 31.2. The van der Waals surface area contributed by atoms with Gasteiger partial charge in [0, 0.05) is 11.4 Å². The van der Waals surface area contributed by atoms with Crippen LogP contribution >= 0.6 is 7.14 Å². The maximum atomic E-state index is 12.1. The number of carbonyl (C=O) groups excluding carboxylic acids is 1. The van der Waals surface area contributed by atoms with E-state index in [1.165, 1.54) is 19.0 Å². The zero-order chi connectivity index (χ0) is 11.3. The zero-order valence-electron chi connectivity index (χ0n) is 8.71. The molecule has 0 fully saturated rings. The molecule has 0 aliphatic rings. The summed E-state index contributed by atoms with van der Waals surface area (Å²) in [7, 11) is -1.31. The zero-order valence-corrected chi connectivity index (χ0v) is 9.61. The summed E-state index contributed by atoms with van der Waals surface area (Å²) in [5.41, 5.74) is 0. The van der Waals surface area contributed by atoms with E-state index in [-0.39, 0.29) is 0 Å². The number of benzene rings is 1. The Balaban J connectivity index is 2.90. The van der Waals surface area contributed by atoms with Crippen LogP contribution in [0, 0.1) is 0 Å². The summed E-state index contributed by atoms with van der Waals surface area (Å²) in [5, 5.41) is 0.727. The van der Waals surface area contributed by atoms with E-state index in [0.29, 0.717) is 0 Å². The van der Waals surface area contributed by atoms with Gasteiger partial charge in [0.15, 0.2) is 0 Å².